The highest BCUT2D eigenvalue weighted by Gasteiger charge is 2.33. The molecule has 2 aromatic carbocycles. The standard InChI is InChI=1S/C31H26F4N6O5S2/c1-45-27(23-17-21(11-12-24(23)32)46-31(33,34)35)29(42)36-30-40-38-26(47-30)15-18-7-9-19(10-8-18)25-16-20-13-14-41(28(20)39-37-25)48(43,44)22-5-3-2-4-6-22/h2-6,9,11-14,16-18,27H,7-8,10,15H2,1H3,(H,36,40,42)/t18?,27-/m0/s1. The molecule has 48 heavy (non-hydrogen) atoms. The molecule has 1 aliphatic carbocycles. The van der Waals surface area contributed by atoms with Crippen LogP contribution in [0.3, 0.4) is 0 Å². The molecule has 1 unspecified atom stereocenters. The van der Waals surface area contributed by atoms with E-state index in [1.165, 1.54) is 18.3 Å². The van der Waals surface area contributed by atoms with Gasteiger partial charge in [-0.05, 0) is 73.2 Å². The monoisotopic (exact) mass is 702 g/mol. The zero-order valence-corrected chi connectivity index (χ0v) is 26.6. The van der Waals surface area contributed by atoms with Crippen LogP contribution in [0.4, 0.5) is 22.7 Å². The molecule has 17 heteroatoms. The summed E-state index contributed by atoms with van der Waals surface area (Å²) in [6, 6.07) is 13.9. The van der Waals surface area contributed by atoms with Crippen molar-refractivity contribution in [1.82, 2.24) is 24.4 Å². The molecule has 2 atom stereocenters. The van der Waals surface area contributed by atoms with Gasteiger partial charge in [0.15, 0.2) is 11.8 Å². The van der Waals surface area contributed by atoms with E-state index in [1.807, 2.05) is 6.07 Å². The Labute approximate surface area is 275 Å². The van der Waals surface area contributed by atoms with Crippen molar-refractivity contribution in [3.8, 4) is 5.75 Å². The fourth-order valence-corrected chi connectivity index (χ4v) is 7.55. The lowest BCUT2D eigenvalue weighted by molar-refractivity contribution is -0.274. The van der Waals surface area contributed by atoms with Crippen molar-refractivity contribution in [2.24, 2.45) is 5.92 Å². The highest BCUT2D eigenvalue weighted by Crippen LogP contribution is 2.34. The van der Waals surface area contributed by atoms with E-state index in [-0.39, 0.29) is 21.6 Å². The molecule has 0 saturated carbocycles. The van der Waals surface area contributed by atoms with Crippen molar-refractivity contribution in [3.05, 3.63) is 95.0 Å². The third-order valence-corrected chi connectivity index (χ3v) is 10.2. The van der Waals surface area contributed by atoms with Gasteiger partial charge in [-0.25, -0.2) is 16.8 Å². The fourth-order valence-electron chi connectivity index (χ4n) is 5.38. The van der Waals surface area contributed by atoms with Gasteiger partial charge in [0.25, 0.3) is 15.9 Å². The SMILES string of the molecule is CO[C@H](C(=O)Nc1nnc(CC2CC=C(c3cc4ccn(S(=O)(=O)c5ccccc5)c4nn3)CC2)s1)c1cc(OC(F)(F)F)ccc1F. The molecule has 1 aliphatic rings. The summed E-state index contributed by atoms with van der Waals surface area (Å²) in [6.45, 7) is 0. The molecular weight excluding hydrogens is 677 g/mol. The van der Waals surface area contributed by atoms with Gasteiger partial charge in [0.2, 0.25) is 5.13 Å². The van der Waals surface area contributed by atoms with Gasteiger partial charge in [-0.1, -0.05) is 35.6 Å². The molecule has 3 aromatic heterocycles. The Hall–Kier alpha value is -4.74. The number of carbonyl (C=O) groups excluding carboxylic acids is 1. The summed E-state index contributed by atoms with van der Waals surface area (Å²) < 4.78 is 88.6. The number of halogens is 4. The minimum atomic E-state index is -5.00. The lowest BCUT2D eigenvalue weighted by Gasteiger charge is -2.20. The molecule has 3 heterocycles. The first-order valence-corrected chi connectivity index (χ1v) is 16.7. The number of aromatic nitrogens is 5. The van der Waals surface area contributed by atoms with Crippen LogP contribution in [0.5, 0.6) is 5.75 Å². The first kappa shape index (κ1) is 33.2. The van der Waals surface area contributed by atoms with Gasteiger partial charge in [-0.3, -0.25) is 10.1 Å². The van der Waals surface area contributed by atoms with E-state index in [4.69, 9.17) is 4.74 Å². The minimum Gasteiger partial charge on any atom is -0.406 e. The van der Waals surface area contributed by atoms with Gasteiger partial charge in [0, 0.05) is 30.7 Å². The number of nitrogens with one attached hydrogen (secondary N) is 1. The molecule has 0 spiro atoms. The van der Waals surface area contributed by atoms with Crippen molar-refractivity contribution < 1.29 is 40.2 Å². The molecule has 0 bridgehead atoms. The maximum Gasteiger partial charge on any atom is 0.573 e. The van der Waals surface area contributed by atoms with Crippen molar-refractivity contribution in [3.63, 3.8) is 0 Å². The molecule has 6 rings (SSSR count). The normalized spacial score (nSPS) is 16.0. The second-order valence-corrected chi connectivity index (χ2v) is 13.7. The van der Waals surface area contributed by atoms with Gasteiger partial charge in [-0.15, -0.1) is 33.6 Å². The average molecular weight is 703 g/mol. The van der Waals surface area contributed by atoms with Crippen LogP contribution in [0.2, 0.25) is 0 Å². The number of methoxy groups -OCH3 is 1. The number of anilines is 1. The number of carbonyl (C=O) groups is 1. The van der Waals surface area contributed by atoms with Gasteiger partial charge >= 0.3 is 6.36 Å². The number of nitrogens with zero attached hydrogens (tertiary/aromatic N) is 5. The first-order chi connectivity index (χ1) is 22.9. The summed E-state index contributed by atoms with van der Waals surface area (Å²) in [6.07, 6.45) is -0.252. The maximum absolute atomic E-state index is 14.5. The number of alkyl halides is 3. The highest BCUT2D eigenvalue weighted by atomic mass is 32.2. The van der Waals surface area contributed by atoms with E-state index in [1.54, 1.807) is 24.3 Å². The molecule has 1 amide bonds. The number of allylic oxidation sites excluding steroid dienone is 2. The van der Waals surface area contributed by atoms with Crippen LogP contribution in [0.25, 0.3) is 16.6 Å². The highest BCUT2D eigenvalue weighted by molar-refractivity contribution is 7.90. The Morgan fingerprint density at radius 1 is 1.08 bits per heavy atom. The number of rotatable bonds is 10. The Bertz CT molecular complexity index is 2100. The topological polar surface area (TPSA) is 138 Å². The predicted molar refractivity (Wildman–Crippen MR) is 167 cm³/mol. The van der Waals surface area contributed by atoms with Gasteiger partial charge < -0.3 is 9.47 Å². The Morgan fingerprint density at radius 3 is 2.58 bits per heavy atom. The molecule has 0 radical (unpaired) electrons. The molecule has 5 aromatic rings. The zero-order chi connectivity index (χ0) is 34.1. The van der Waals surface area contributed by atoms with Crippen molar-refractivity contribution in [2.75, 3.05) is 12.4 Å². The second kappa shape index (κ2) is 13.4. The summed E-state index contributed by atoms with van der Waals surface area (Å²) >= 11 is 1.12. The van der Waals surface area contributed by atoms with Gasteiger partial charge in [0.1, 0.15) is 16.6 Å². The summed E-state index contributed by atoms with van der Waals surface area (Å²) in [5.41, 5.74) is 1.45. The van der Waals surface area contributed by atoms with Gasteiger partial charge in [-0.2, -0.15) is 0 Å². The van der Waals surface area contributed by atoms with E-state index in [2.05, 4.69) is 36.5 Å². The Balaban J connectivity index is 1.08. The summed E-state index contributed by atoms with van der Waals surface area (Å²) in [4.78, 5) is 13.0. The van der Waals surface area contributed by atoms with E-state index in [0.717, 1.165) is 52.6 Å². The number of benzene rings is 2. The van der Waals surface area contributed by atoms with Crippen LogP contribution in [-0.2, 0) is 26.0 Å². The lowest BCUT2D eigenvalue weighted by Crippen LogP contribution is -2.24. The second-order valence-electron chi connectivity index (χ2n) is 10.8. The third-order valence-electron chi connectivity index (χ3n) is 7.67. The Morgan fingerprint density at radius 2 is 1.88 bits per heavy atom. The van der Waals surface area contributed by atoms with Crippen molar-refractivity contribution >= 4 is 49.0 Å². The minimum absolute atomic E-state index is 0.122. The molecule has 1 N–H and O–H groups in total. The van der Waals surface area contributed by atoms with Crippen LogP contribution >= 0.6 is 11.3 Å². The summed E-state index contributed by atoms with van der Waals surface area (Å²) in [7, 11) is -2.70. The van der Waals surface area contributed by atoms with E-state index >= 15 is 0 Å². The number of hydrogen-bond donors (Lipinski definition) is 1. The summed E-state index contributed by atoms with van der Waals surface area (Å²) in [5.74, 6) is -2.28. The molecule has 250 valence electrons. The average Bonchev–Trinajstić information content (AvgIpc) is 3.69. The zero-order valence-electron chi connectivity index (χ0n) is 25.0. The smallest absolute Gasteiger partial charge is 0.406 e. The number of hydrogen-bond acceptors (Lipinski definition) is 10. The van der Waals surface area contributed by atoms with Crippen molar-refractivity contribution in [2.45, 2.75) is 43.0 Å². The fraction of sp³-hybridized carbons (Fsp3) is 0.258. The molecule has 11 nitrogen and oxygen atoms in total. The predicted octanol–water partition coefficient (Wildman–Crippen LogP) is 6.31. The first-order valence-electron chi connectivity index (χ1n) is 14.5. The molecule has 0 saturated heterocycles. The number of amides is 1. The third kappa shape index (κ3) is 7.22. The largest absolute Gasteiger partial charge is 0.573 e. The van der Waals surface area contributed by atoms with Crippen LogP contribution in [0.15, 0.2) is 77.8 Å². The van der Waals surface area contributed by atoms with Crippen LogP contribution in [-0.4, -0.2) is 52.2 Å². The van der Waals surface area contributed by atoms with E-state index < -0.39 is 45.5 Å². The Kier molecular flexibility index (Phi) is 9.26. The van der Waals surface area contributed by atoms with Crippen LogP contribution in [0.1, 0.15) is 41.6 Å². The quantitative estimate of drug-likeness (QED) is 0.166. The molecular formula is C31H26F4N6O5S2. The van der Waals surface area contributed by atoms with Gasteiger partial charge in [0.05, 0.1) is 10.6 Å². The molecule has 0 aliphatic heterocycles. The van der Waals surface area contributed by atoms with Crippen LogP contribution < -0.4 is 10.1 Å². The van der Waals surface area contributed by atoms with E-state index in [0.29, 0.717) is 35.4 Å². The lowest BCUT2D eigenvalue weighted by atomic mass is 9.86. The van der Waals surface area contributed by atoms with Crippen molar-refractivity contribution in [1.29, 1.82) is 0 Å². The maximum atomic E-state index is 14.5. The number of ether oxygens (including phenoxy) is 2. The summed E-state index contributed by atoms with van der Waals surface area (Å²) in [5, 5.41) is 20.6. The van der Waals surface area contributed by atoms with E-state index in [9.17, 15) is 30.8 Å². The molecule has 0 fully saturated rings. The van der Waals surface area contributed by atoms with Crippen LogP contribution in [0, 0.1) is 11.7 Å². The number of fused-ring (bicyclic) bond motifs is 1.